The van der Waals surface area contributed by atoms with Crippen molar-refractivity contribution in [3.8, 4) is 0 Å². The Labute approximate surface area is 137 Å². The first kappa shape index (κ1) is 15.9. The number of rotatable bonds is 3. The average Bonchev–Trinajstić information content (AvgIpc) is 3.04. The van der Waals surface area contributed by atoms with Crippen LogP contribution in [0.25, 0.3) is 11.0 Å². The molecule has 4 rings (SSSR count). The fourth-order valence-electron chi connectivity index (χ4n) is 4.64. The Morgan fingerprint density at radius 2 is 1.95 bits per heavy atom. The molecule has 1 fully saturated rings. The maximum atomic E-state index is 11.3. The number of likely N-dealkylation sites (N-methyl/N-ethyl adjacent to an activating group) is 1. The van der Waals surface area contributed by atoms with Crippen LogP contribution in [-0.4, -0.2) is 36.2 Å². The van der Waals surface area contributed by atoms with Gasteiger partial charge >= 0.3 is 0 Å². The van der Waals surface area contributed by atoms with Crippen molar-refractivity contribution >= 4 is 23.4 Å². The minimum atomic E-state index is -0.551. The molecule has 0 aliphatic heterocycles. The SMILES string of the molecule is CN(C)CC1(C2(O)CCCC2)Cc2cc3ccoc3cc21.Cl. The van der Waals surface area contributed by atoms with Crippen LogP contribution in [0.15, 0.2) is 28.9 Å². The third-order valence-electron chi connectivity index (χ3n) is 5.59. The summed E-state index contributed by atoms with van der Waals surface area (Å²) < 4.78 is 5.59. The highest BCUT2D eigenvalue weighted by atomic mass is 35.5. The molecule has 1 saturated carbocycles. The number of halogens is 1. The molecule has 0 amide bonds. The first-order valence-corrected chi connectivity index (χ1v) is 7.92. The Kier molecular flexibility index (Phi) is 3.79. The van der Waals surface area contributed by atoms with Crippen molar-refractivity contribution < 1.29 is 9.52 Å². The van der Waals surface area contributed by atoms with E-state index in [2.05, 4.69) is 31.1 Å². The van der Waals surface area contributed by atoms with Crippen LogP contribution in [0.3, 0.4) is 0 Å². The van der Waals surface area contributed by atoms with Gasteiger partial charge < -0.3 is 14.4 Å². The van der Waals surface area contributed by atoms with E-state index in [1.54, 1.807) is 6.26 Å². The molecule has 0 bridgehead atoms. The van der Waals surface area contributed by atoms with E-state index in [1.165, 1.54) is 16.5 Å². The highest BCUT2D eigenvalue weighted by Gasteiger charge is 2.58. The Morgan fingerprint density at radius 3 is 2.64 bits per heavy atom. The number of furan rings is 1. The third-order valence-corrected chi connectivity index (χ3v) is 5.59. The fourth-order valence-corrected chi connectivity index (χ4v) is 4.64. The molecule has 1 unspecified atom stereocenters. The van der Waals surface area contributed by atoms with Crippen LogP contribution in [0.5, 0.6) is 0 Å². The Morgan fingerprint density at radius 1 is 1.23 bits per heavy atom. The summed E-state index contributed by atoms with van der Waals surface area (Å²) in [6.45, 7) is 0.905. The summed E-state index contributed by atoms with van der Waals surface area (Å²) in [7, 11) is 4.20. The van der Waals surface area contributed by atoms with E-state index in [4.69, 9.17) is 4.42 Å². The van der Waals surface area contributed by atoms with Crippen LogP contribution in [0, 0.1) is 0 Å². The van der Waals surface area contributed by atoms with Gasteiger partial charge in [-0.2, -0.15) is 0 Å². The van der Waals surface area contributed by atoms with Crippen LogP contribution >= 0.6 is 12.4 Å². The van der Waals surface area contributed by atoms with Crippen molar-refractivity contribution in [2.24, 2.45) is 0 Å². The second kappa shape index (κ2) is 5.26. The summed E-state index contributed by atoms with van der Waals surface area (Å²) in [5.74, 6) is 0. The molecule has 1 aromatic carbocycles. The number of hydrogen-bond donors (Lipinski definition) is 1. The van der Waals surface area contributed by atoms with Crippen molar-refractivity contribution in [3.05, 3.63) is 35.6 Å². The van der Waals surface area contributed by atoms with Crippen molar-refractivity contribution in [2.75, 3.05) is 20.6 Å². The molecule has 2 aliphatic carbocycles. The molecular weight excluding hydrogens is 298 g/mol. The van der Waals surface area contributed by atoms with Crippen molar-refractivity contribution in [1.29, 1.82) is 0 Å². The average molecular weight is 322 g/mol. The summed E-state index contributed by atoms with van der Waals surface area (Å²) in [6.07, 6.45) is 6.88. The molecule has 1 heterocycles. The highest BCUT2D eigenvalue weighted by molar-refractivity contribution is 5.85. The summed E-state index contributed by atoms with van der Waals surface area (Å²) in [5, 5.41) is 12.5. The zero-order valence-corrected chi connectivity index (χ0v) is 14.1. The normalized spacial score (nSPS) is 25.8. The van der Waals surface area contributed by atoms with Crippen molar-refractivity contribution in [2.45, 2.75) is 43.1 Å². The van der Waals surface area contributed by atoms with Crippen LogP contribution in [0.4, 0.5) is 0 Å². The number of aliphatic hydroxyl groups is 1. The first-order chi connectivity index (χ1) is 10.0. The van der Waals surface area contributed by atoms with E-state index in [0.29, 0.717) is 0 Å². The molecule has 22 heavy (non-hydrogen) atoms. The standard InChI is InChI=1S/C18H23NO2.ClH/c1-19(2)12-17(18(20)6-3-4-7-18)11-14-9-13-5-8-21-16(13)10-15(14)17;/h5,8-10,20H,3-4,6-7,11-12H2,1-2H3;1H. The van der Waals surface area contributed by atoms with Crippen molar-refractivity contribution in [3.63, 3.8) is 0 Å². The van der Waals surface area contributed by atoms with Crippen LogP contribution in [0.1, 0.15) is 36.8 Å². The quantitative estimate of drug-likeness (QED) is 0.939. The van der Waals surface area contributed by atoms with Gasteiger partial charge in [0.2, 0.25) is 0 Å². The molecule has 1 atom stereocenters. The molecule has 0 spiro atoms. The van der Waals surface area contributed by atoms with Crippen LogP contribution < -0.4 is 0 Å². The lowest BCUT2D eigenvalue weighted by molar-refractivity contribution is -0.0562. The van der Waals surface area contributed by atoms with Gasteiger partial charge in [0.15, 0.2) is 0 Å². The monoisotopic (exact) mass is 321 g/mol. The van der Waals surface area contributed by atoms with Gasteiger partial charge in [0.25, 0.3) is 0 Å². The lowest BCUT2D eigenvalue weighted by Gasteiger charge is -2.54. The predicted octanol–water partition coefficient (Wildman–Crippen LogP) is 3.52. The Bertz CT molecular complexity index is 687. The van der Waals surface area contributed by atoms with Gasteiger partial charge in [-0.05, 0) is 62.7 Å². The van der Waals surface area contributed by atoms with Gasteiger partial charge in [-0.15, -0.1) is 12.4 Å². The van der Waals surface area contributed by atoms with E-state index in [0.717, 1.165) is 44.2 Å². The number of nitrogens with zero attached hydrogens (tertiary/aromatic N) is 1. The maximum Gasteiger partial charge on any atom is 0.134 e. The van der Waals surface area contributed by atoms with Crippen LogP contribution in [0.2, 0.25) is 0 Å². The van der Waals surface area contributed by atoms with E-state index in [-0.39, 0.29) is 17.8 Å². The lowest BCUT2D eigenvalue weighted by Crippen LogP contribution is -2.61. The Balaban J connectivity index is 0.00000144. The van der Waals surface area contributed by atoms with Gasteiger partial charge in [-0.25, -0.2) is 0 Å². The molecule has 1 aromatic heterocycles. The minimum Gasteiger partial charge on any atom is -0.464 e. The molecule has 1 N–H and O–H groups in total. The summed E-state index contributed by atoms with van der Waals surface area (Å²) in [5.41, 5.74) is 2.96. The van der Waals surface area contributed by atoms with Gasteiger partial charge in [-0.3, -0.25) is 0 Å². The Hall–Kier alpha value is -1.03. The van der Waals surface area contributed by atoms with E-state index in [9.17, 15) is 5.11 Å². The summed E-state index contributed by atoms with van der Waals surface area (Å²) in [4.78, 5) is 2.21. The largest absolute Gasteiger partial charge is 0.464 e. The van der Waals surface area contributed by atoms with E-state index < -0.39 is 5.60 Å². The first-order valence-electron chi connectivity index (χ1n) is 7.92. The fraction of sp³-hybridized carbons (Fsp3) is 0.556. The third kappa shape index (κ3) is 2.03. The summed E-state index contributed by atoms with van der Waals surface area (Å²) in [6, 6.07) is 6.43. The zero-order valence-electron chi connectivity index (χ0n) is 13.3. The number of fused-ring (bicyclic) bond motifs is 2. The van der Waals surface area contributed by atoms with Gasteiger partial charge in [0.05, 0.1) is 11.9 Å². The molecular formula is C18H24ClNO2. The van der Waals surface area contributed by atoms with Gasteiger partial charge in [-0.1, -0.05) is 12.8 Å². The number of hydrogen-bond acceptors (Lipinski definition) is 3. The van der Waals surface area contributed by atoms with Gasteiger partial charge in [0, 0.05) is 17.3 Å². The van der Waals surface area contributed by atoms with E-state index >= 15 is 0 Å². The molecule has 2 aliphatic rings. The van der Waals surface area contributed by atoms with Gasteiger partial charge in [0.1, 0.15) is 5.58 Å². The maximum absolute atomic E-state index is 11.3. The molecule has 0 saturated heterocycles. The number of benzene rings is 1. The van der Waals surface area contributed by atoms with Crippen molar-refractivity contribution in [1.82, 2.24) is 4.90 Å². The molecule has 3 nitrogen and oxygen atoms in total. The topological polar surface area (TPSA) is 36.6 Å². The highest BCUT2D eigenvalue weighted by Crippen LogP contribution is 2.55. The molecule has 2 aromatic rings. The zero-order chi connectivity index (χ0) is 14.7. The molecule has 120 valence electrons. The second-order valence-corrected chi connectivity index (χ2v) is 7.20. The summed E-state index contributed by atoms with van der Waals surface area (Å²) >= 11 is 0. The molecule has 0 radical (unpaired) electrons. The predicted molar refractivity (Wildman–Crippen MR) is 90.8 cm³/mol. The second-order valence-electron chi connectivity index (χ2n) is 7.20. The lowest BCUT2D eigenvalue weighted by atomic mass is 9.54. The van der Waals surface area contributed by atoms with E-state index in [1.807, 2.05) is 6.07 Å². The minimum absolute atomic E-state index is 0. The van der Waals surface area contributed by atoms with Crippen LogP contribution in [-0.2, 0) is 11.8 Å². The smallest absolute Gasteiger partial charge is 0.134 e. The molecule has 4 heteroatoms.